The third-order valence-electron chi connectivity index (χ3n) is 5.47. The monoisotopic (exact) mass is 398 g/mol. The van der Waals surface area contributed by atoms with Crippen molar-refractivity contribution < 1.29 is 19.1 Å². The van der Waals surface area contributed by atoms with Crippen LogP contribution in [0.15, 0.2) is 0 Å². The van der Waals surface area contributed by atoms with Crippen LogP contribution in [0, 0.1) is 0 Å². The maximum Gasteiger partial charge on any atom is 0.305 e. The van der Waals surface area contributed by atoms with E-state index in [2.05, 4.69) is 9.47 Å². The van der Waals surface area contributed by atoms with Gasteiger partial charge in [-0.15, -0.1) is 0 Å². The van der Waals surface area contributed by atoms with Crippen molar-refractivity contribution in [1.29, 1.82) is 0 Å². The lowest BCUT2D eigenvalue weighted by atomic mass is 10.0. The fourth-order valence-corrected chi connectivity index (χ4v) is 3.57. The van der Waals surface area contributed by atoms with E-state index in [1.54, 1.807) is 0 Å². The zero-order valence-corrected chi connectivity index (χ0v) is 18.8. The Balaban J connectivity index is 3.05. The molecule has 0 radical (unpaired) electrons. The number of unbranched alkanes of at least 4 members (excludes halogenated alkanes) is 17. The van der Waals surface area contributed by atoms with Gasteiger partial charge in [0, 0.05) is 12.8 Å². The Hall–Kier alpha value is -1.06. The quantitative estimate of drug-likeness (QED) is 0.152. The maximum atomic E-state index is 11.0. The van der Waals surface area contributed by atoms with E-state index >= 15 is 0 Å². The first-order chi connectivity index (χ1) is 13.7. The first kappa shape index (κ1) is 26.9. The highest BCUT2D eigenvalue weighted by Crippen LogP contribution is 2.15. The fraction of sp³-hybridized carbons (Fsp3) is 0.917. The van der Waals surface area contributed by atoms with Crippen molar-refractivity contribution >= 4 is 11.9 Å². The number of methoxy groups -OCH3 is 2. The van der Waals surface area contributed by atoms with Crippen molar-refractivity contribution in [2.75, 3.05) is 14.2 Å². The molecule has 0 aromatic heterocycles. The van der Waals surface area contributed by atoms with Crippen LogP contribution in [0.25, 0.3) is 0 Å². The van der Waals surface area contributed by atoms with Crippen molar-refractivity contribution in [1.82, 2.24) is 0 Å². The Bertz CT molecular complexity index is 321. The molecule has 0 aliphatic carbocycles. The molecule has 0 atom stereocenters. The second kappa shape index (κ2) is 22.2. The summed E-state index contributed by atoms with van der Waals surface area (Å²) in [6.45, 7) is 0. The second-order valence-electron chi connectivity index (χ2n) is 8.02. The molecule has 0 saturated carbocycles. The molecule has 0 N–H and O–H groups in total. The van der Waals surface area contributed by atoms with Gasteiger partial charge in [0.15, 0.2) is 0 Å². The van der Waals surface area contributed by atoms with Gasteiger partial charge in [-0.2, -0.15) is 0 Å². The first-order valence-corrected chi connectivity index (χ1v) is 11.8. The minimum absolute atomic E-state index is 0.0764. The van der Waals surface area contributed by atoms with Gasteiger partial charge in [-0.1, -0.05) is 103 Å². The summed E-state index contributed by atoms with van der Waals surface area (Å²) in [7, 11) is 2.92. The average molecular weight is 399 g/mol. The van der Waals surface area contributed by atoms with Gasteiger partial charge in [0.25, 0.3) is 0 Å². The summed E-state index contributed by atoms with van der Waals surface area (Å²) < 4.78 is 9.29. The maximum absolute atomic E-state index is 11.0. The highest BCUT2D eigenvalue weighted by atomic mass is 16.5. The fourth-order valence-electron chi connectivity index (χ4n) is 3.57. The molecule has 0 spiro atoms. The predicted molar refractivity (Wildman–Crippen MR) is 116 cm³/mol. The van der Waals surface area contributed by atoms with Gasteiger partial charge >= 0.3 is 11.9 Å². The number of carbonyl (C=O) groups is 2. The Morgan fingerprint density at radius 3 is 0.750 bits per heavy atom. The Labute approximate surface area is 174 Å². The minimum Gasteiger partial charge on any atom is -0.469 e. The van der Waals surface area contributed by atoms with Gasteiger partial charge in [0.1, 0.15) is 0 Å². The molecule has 28 heavy (non-hydrogen) atoms. The van der Waals surface area contributed by atoms with E-state index in [1.807, 2.05) is 0 Å². The van der Waals surface area contributed by atoms with E-state index in [0.717, 1.165) is 25.7 Å². The zero-order valence-electron chi connectivity index (χ0n) is 18.8. The molecular weight excluding hydrogens is 352 g/mol. The topological polar surface area (TPSA) is 52.6 Å². The molecule has 0 aromatic rings. The standard InChI is InChI=1S/C24H46O4/c1-27-23(25)21-19-17-15-13-11-9-7-5-3-4-6-8-10-12-14-16-18-20-22-24(26)28-2/h3-22H2,1-2H3. The van der Waals surface area contributed by atoms with Crippen LogP contribution in [0.2, 0.25) is 0 Å². The summed E-state index contributed by atoms with van der Waals surface area (Å²) in [5.74, 6) is -0.153. The third-order valence-corrected chi connectivity index (χ3v) is 5.47. The molecule has 0 saturated heterocycles. The number of carbonyl (C=O) groups excluding carboxylic acids is 2. The Morgan fingerprint density at radius 1 is 0.393 bits per heavy atom. The minimum atomic E-state index is -0.0764. The average Bonchev–Trinajstić information content (AvgIpc) is 2.71. The van der Waals surface area contributed by atoms with E-state index in [4.69, 9.17) is 0 Å². The molecule has 0 fully saturated rings. The number of esters is 2. The van der Waals surface area contributed by atoms with Gasteiger partial charge in [-0.05, 0) is 12.8 Å². The van der Waals surface area contributed by atoms with Gasteiger partial charge < -0.3 is 9.47 Å². The lowest BCUT2D eigenvalue weighted by Crippen LogP contribution is -1.99. The largest absolute Gasteiger partial charge is 0.469 e. The van der Waals surface area contributed by atoms with Crippen LogP contribution in [-0.2, 0) is 19.1 Å². The number of rotatable bonds is 21. The van der Waals surface area contributed by atoms with Crippen LogP contribution in [0.4, 0.5) is 0 Å². The highest BCUT2D eigenvalue weighted by Gasteiger charge is 2.00. The summed E-state index contributed by atoms with van der Waals surface area (Å²) in [5.41, 5.74) is 0. The molecule has 0 aliphatic rings. The molecule has 0 unspecified atom stereocenters. The molecule has 0 amide bonds. The molecular formula is C24H46O4. The van der Waals surface area contributed by atoms with Crippen LogP contribution < -0.4 is 0 Å². The lowest BCUT2D eigenvalue weighted by Gasteiger charge is -2.04. The van der Waals surface area contributed by atoms with Gasteiger partial charge in [0.05, 0.1) is 14.2 Å². The third kappa shape index (κ3) is 21.2. The van der Waals surface area contributed by atoms with E-state index < -0.39 is 0 Å². The molecule has 0 aliphatic heterocycles. The molecule has 0 rings (SSSR count). The van der Waals surface area contributed by atoms with E-state index in [0.29, 0.717) is 12.8 Å². The van der Waals surface area contributed by atoms with Crippen LogP contribution in [0.3, 0.4) is 0 Å². The molecule has 0 aromatic carbocycles. The molecule has 0 bridgehead atoms. The summed E-state index contributed by atoms with van der Waals surface area (Å²) in [6, 6.07) is 0. The second-order valence-corrected chi connectivity index (χ2v) is 8.02. The molecule has 166 valence electrons. The summed E-state index contributed by atoms with van der Waals surface area (Å²) in [6.07, 6.45) is 24.3. The van der Waals surface area contributed by atoms with Crippen molar-refractivity contribution in [3.05, 3.63) is 0 Å². The summed E-state index contributed by atoms with van der Waals surface area (Å²) in [5, 5.41) is 0. The smallest absolute Gasteiger partial charge is 0.305 e. The summed E-state index contributed by atoms with van der Waals surface area (Å²) in [4.78, 5) is 22.0. The van der Waals surface area contributed by atoms with Gasteiger partial charge in [-0.3, -0.25) is 9.59 Å². The molecule has 4 heteroatoms. The number of ether oxygens (including phenoxy) is 2. The van der Waals surface area contributed by atoms with E-state index in [1.165, 1.54) is 104 Å². The summed E-state index contributed by atoms with van der Waals surface area (Å²) >= 11 is 0. The predicted octanol–water partition coefficient (Wildman–Crippen LogP) is 7.13. The van der Waals surface area contributed by atoms with Crippen LogP contribution in [-0.4, -0.2) is 26.2 Å². The van der Waals surface area contributed by atoms with Gasteiger partial charge in [0.2, 0.25) is 0 Å². The zero-order chi connectivity index (χ0) is 20.7. The Morgan fingerprint density at radius 2 is 0.571 bits per heavy atom. The number of hydrogen-bond acceptors (Lipinski definition) is 4. The number of hydrogen-bond donors (Lipinski definition) is 0. The van der Waals surface area contributed by atoms with Crippen LogP contribution in [0.1, 0.15) is 128 Å². The molecule has 0 heterocycles. The first-order valence-electron chi connectivity index (χ1n) is 11.8. The molecule has 4 nitrogen and oxygen atoms in total. The highest BCUT2D eigenvalue weighted by molar-refractivity contribution is 5.69. The Kier molecular flexibility index (Phi) is 21.4. The van der Waals surface area contributed by atoms with Crippen LogP contribution in [0.5, 0.6) is 0 Å². The van der Waals surface area contributed by atoms with Gasteiger partial charge in [-0.25, -0.2) is 0 Å². The van der Waals surface area contributed by atoms with Crippen molar-refractivity contribution in [3.63, 3.8) is 0 Å². The van der Waals surface area contributed by atoms with Crippen LogP contribution >= 0.6 is 0 Å². The van der Waals surface area contributed by atoms with Crippen molar-refractivity contribution in [2.24, 2.45) is 0 Å². The van der Waals surface area contributed by atoms with Crippen molar-refractivity contribution in [3.8, 4) is 0 Å². The SMILES string of the molecule is COC(=O)CCCCCCCCCCCCCCCCCCCCC(=O)OC. The van der Waals surface area contributed by atoms with E-state index in [9.17, 15) is 9.59 Å². The van der Waals surface area contributed by atoms with Crippen molar-refractivity contribution in [2.45, 2.75) is 128 Å². The van der Waals surface area contributed by atoms with E-state index in [-0.39, 0.29) is 11.9 Å². The normalized spacial score (nSPS) is 10.8. The lowest BCUT2D eigenvalue weighted by molar-refractivity contribution is -0.141.